The largest absolute Gasteiger partial charge is 0.478 e. The summed E-state index contributed by atoms with van der Waals surface area (Å²) in [5.41, 5.74) is -0.160. The molecule has 0 unspecified atom stereocenters. The van der Waals surface area contributed by atoms with Crippen LogP contribution in [0.2, 0.25) is 0 Å². The van der Waals surface area contributed by atoms with E-state index in [1.807, 2.05) is 0 Å². The lowest BCUT2D eigenvalue weighted by atomic mass is 10.1. The van der Waals surface area contributed by atoms with Gasteiger partial charge in [0.05, 0.1) is 25.2 Å². The van der Waals surface area contributed by atoms with E-state index in [1.165, 1.54) is 4.90 Å². The molecule has 1 aromatic heterocycles. The van der Waals surface area contributed by atoms with Crippen molar-refractivity contribution in [3.63, 3.8) is 0 Å². The lowest BCUT2D eigenvalue weighted by Gasteiger charge is -2.40. The van der Waals surface area contributed by atoms with E-state index in [4.69, 9.17) is 11.7 Å². The van der Waals surface area contributed by atoms with Gasteiger partial charge in [-0.05, 0) is 6.07 Å². The summed E-state index contributed by atoms with van der Waals surface area (Å²) in [4.78, 5) is 18.8. The van der Waals surface area contributed by atoms with E-state index in [0.717, 1.165) is 12.3 Å². The van der Waals surface area contributed by atoms with Crippen molar-refractivity contribution in [1.82, 2.24) is 4.98 Å². The summed E-state index contributed by atoms with van der Waals surface area (Å²) >= 11 is 0. The van der Waals surface area contributed by atoms with E-state index in [-0.39, 0.29) is 17.1 Å². The third-order valence-corrected chi connectivity index (χ3v) is 2.36. The highest BCUT2D eigenvalue weighted by Gasteiger charge is 2.45. The predicted molar refractivity (Wildman–Crippen MR) is 54.6 cm³/mol. The standard InChI is InChI=1S/C10H7F2N3O2/c1-13-7-2-6(9(16)17)3-14-8(7)15-4-10(11,12)5-15/h2-3H,4-5H2,(H,16,17). The van der Waals surface area contributed by atoms with E-state index in [9.17, 15) is 13.6 Å². The van der Waals surface area contributed by atoms with Crippen LogP contribution in [0.3, 0.4) is 0 Å². The maximum absolute atomic E-state index is 12.7. The minimum atomic E-state index is -2.76. The Balaban J connectivity index is 2.31. The van der Waals surface area contributed by atoms with Gasteiger partial charge in [0.2, 0.25) is 5.69 Å². The number of carbonyl (C=O) groups is 1. The molecule has 2 heterocycles. The Morgan fingerprint density at radius 2 is 2.24 bits per heavy atom. The second-order valence-electron chi connectivity index (χ2n) is 3.70. The number of aromatic carboxylic acids is 1. The lowest BCUT2D eigenvalue weighted by molar-refractivity contribution is -0.0266. The van der Waals surface area contributed by atoms with E-state index in [2.05, 4.69) is 9.83 Å². The zero-order valence-electron chi connectivity index (χ0n) is 8.52. The molecule has 1 N–H and O–H groups in total. The highest BCUT2D eigenvalue weighted by Crippen LogP contribution is 2.36. The van der Waals surface area contributed by atoms with Gasteiger partial charge in [0.15, 0.2) is 0 Å². The van der Waals surface area contributed by atoms with Gasteiger partial charge in [-0.15, -0.1) is 0 Å². The van der Waals surface area contributed by atoms with Gasteiger partial charge >= 0.3 is 5.97 Å². The molecule has 0 aromatic carbocycles. The van der Waals surface area contributed by atoms with Crippen molar-refractivity contribution < 1.29 is 18.7 Å². The number of aromatic nitrogens is 1. The van der Waals surface area contributed by atoms with Crippen LogP contribution in [0.4, 0.5) is 20.3 Å². The maximum atomic E-state index is 12.7. The highest BCUT2D eigenvalue weighted by molar-refractivity contribution is 5.89. The predicted octanol–water partition coefficient (Wildman–Crippen LogP) is 1.79. The molecule has 1 aliphatic rings. The molecule has 0 spiro atoms. The number of halogens is 2. The van der Waals surface area contributed by atoms with Gasteiger partial charge in [-0.3, -0.25) is 4.98 Å². The van der Waals surface area contributed by atoms with E-state index >= 15 is 0 Å². The van der Waals surface area contributed by atoms with Gasteiger partial charge in [-0.2, -0.15) is 0 Å². The fourth-order valence-corrected chi connectivity index (χ4v) is 1.55. The first kappa shape index (κ1) is 11.3. The molecule has 17 heavy (non-hydrogen) atoms. The van der Waals surface area contributed by atoms with Crippen LogP contribution >= 0.6 is 0 Å². The quantitative estimate of drug-likeness (QED) is 0.799. The summed E-state index contributed by atoms with van der Waals surface area (Å²) in [5, 5.41) is 8.71. The molecule has 0 radical (unpaired) electrons. The molecule has 0 bridgehead atoms. The molecule has 0 saturated carbocycles. The number of hydrogen-bond donors (Lipinski definition) is 1. The molecule has 1 aliphatic heterocycles. The fraction of sp³-hybridized carbons (Fsp3) is 0.300. The molecule has 0 aliphatic carbocycles. The molecule has 7 heteroatoms. The Kier molecular flexibility index (Phi) is 2.42. The molecule has 1 aromatic rings. The summed E-state index contributed by atoms with van der Waals surface area (Å²) in [5.74, 6) is -3.86. The van der Waals surface area contributed by atoms with Crippen LogP contribution in [-0.4, -0.2) is 35.1 Å². The summed E-state index contributed by atoms with van der Waals surface area (Å²) in [6.45, 7) is 5.91. The SMILES string of the molecule is [C-]#[N+]c1cc(C(=O)O)cnc1N1CC(F)(F)C1. The Labute approximate surface area is 95.1 Å². The third kappa shape index (κ3) is 2.01. The first-order chi connectivity index (χ1) is 7.93. The van der Waals surface area contributed by atoms with Gasteiger partial charge in [0.1, 0.15) is 5.82 Å². The van der Waals surface area contributed by atoms with Gasteiger partial charge in [0.25, 0.3) is 5.92 Å². The van der Waals surface area contributed by atoms with Crippen molar-refractivity contribution in [3.8, 4) is 0 Å². The normalized spacial score (nSPS) is 17.1. The monoisotopic (exact) mass is 239 g/mol. The van der Waals surface area contributed by atoms with Crippen LogP contribution in [0.5, 0.6) is 0 Å². The molecular formula is C10H7F2N3O2. The average molecular weight is 239 g/mol. The van der Waals surface area contributed by atoms with Crippen LogP contribution in [0.15, 0.2) is 12.3 Å². The number of nitrogens with zero attached hydrogens (tertiary/aromatic N) is 3. The highest BCUT2D eigenvalue weighted by atomic mass is 19.3. The van der Waals surface area contributed by atoms with Crippen molar-refractivity contribution in [3.05, 3.63) is 29.2 Å². The smallest absolute Gasteiger partial charge is 0.335 e. The Morgan fingerprint density at radius 1 is 1.59 bits per heavy atom. The fourth-order valence-electron chi connectivity index (χ4n) is 1.55. The molecule has 5 nitrogen and oxygen atoms in total. The minimum Gasteiger partial charge on any atom is -0.478 e. The lowest BCUT2D eigenvalue weighted by Crippen LogP contribution is -2.56. The summed E-state index contributed by atoms with van der Waals surface area (Å²) < 4.78 is 25.4. The third-order valence-electron chi connectivity index (χ3n) is 2.36. The number of rotatable bonds is 2. The van der Waals surface area contributed by atoms with Crippen LogP contribution in [0, 0.1) is 6.57 Å². The second kappa shape index (κ2) is 3.66. The van der Waals surface area contributed by atoms with Crippen molar-refractivity contribution in [1.29, 1.82) is 0 Å². The molecule has 2 rings (SSSR count). The zero-order chi connectivity index (χ0) is 12.6. The van der Waals surface area contributed by atoms with Crippen molar-refractivity contribution in [2.75, 3.05) is 18.0 Å². The topological polar surface area (TPSA) is 57.8 Å². The van der Waals surface area contributed by atoms with Gasteiger partial charge < -0.3 is 10.0 Å². The Hall–Kier alpha value is -2.23. The van der Waals surface area contributed by atoms with Crippen LogP contribution in [0.25, 0.3) is 4.85 Å². The number of carboxylic acid groups (broad SMARTS) is 1. The molecule has 88 valence electrons. The van der Waals surface area contributed by atoms with E-state index in [0.29, 0.717) is 0 Å². The molecule has 1 saturated heterocycles. The first-order valence-corrected chi connectivity index (χ1v) is 4.66. The molecule has 0 atom stereocenters. The van der Waals surface area contributed by atoms with Crippen LogP contribution in [0.1, 0.15) is 10.4 Å². The first-order valence-electron chi connectivity index (χ1n) is 4.66. The maximum Gasteiger partial charge on any atom is 0.335 e. The summed E-state index contributed by atoms with van der Waals surface area (Å²) in [6.07, 6.45) is 1.06. The van der Waals surface area contributed by atoms with Crippen molar-refractivity contribution >= 4 is 17.5 Å². The van der Waals surface area contributed by atoms with Gasteiger partial charge in [-0.1, -0.05) is 0 Å². The van der Waals surface area contributed by atoms with Crippen molar-refractivity contribution in [2.24, 2.45) is 0 Å². The van der Waals surface area contributed by atoms with Crippen LogP contribution < -0.4 is 4.90 Å². The van der Waals surface area contributed by atoms with Crippen molar-refractivity contribution in [2.45, 2.75) is 5.92 Å². The van der Waals surface area contributed by atoms with Gasteiger partial charge in [0, 0.05) is 6.20 Å². The molecule has 1 fully saturated rings. The Bertz CT molecular complexity index is 517. The molecular weight excluding hydrogens is 232 g/mol. The summed E-state index contributed by atoms with van der Waals surface area (Å²) in [7, 11) is 0. The Morgan fingerprint density at radius 3 is 2.71 bits per heavy atom. The van der Waals surface area contributed by atoms with E-state index in [1.54, 1.807) is 0 Å². The molecule has 0 amide bonds. The number of pyridine rings is 1. The second-order valence-corrected chi connectivity index (χ2v) is 3.70. The number of alkyl halides is 2. The van der Waals surface area contributed by atoms with E-state index < -0.39 is 25.0 Å². The number of hydrogen-bond acceptors (Lipinski definition) is 3. The van der Waals surface area contributed by atoms with Gasteiger partial charge in [-0.25, -0.2) is 18.4 Å². The zero-order valence-corrected chi connectivity index (χ0v) is 8.52. The number of anilines is 1. The minimum absolute atomic E-state index is 0.0274. The average Bonchev–Trinajstić information content (AvgIpc) is 2.24. The summed E-state index contributed by atoms with van der Waals surface area (Å²) in [6, 6.07) is 1.13. The van der Waals surface area contributed by atoms with Crippen LogP contribution in [-0.2, 0) is 0 Å². The number of carboxylic acids is 1.